The third-order valence-corrected chi connectivity index (χ3v) is 4.22. The Bertz CT molecular complexity index is 541. The summed E-state index contributed by atoms with van der Waals surface area (Å²) in [7, 11) is 0. The van der Waals surface area contributed by atoms with Gasteiger partial charge in [-0.3, -0.25) is 9.48 Å². The first-order valence-electron chi connectivity index (χ1n) is 6.23. The summed E-state index contributed by atoms with van der Waals surface area (Å²) in [6.07, 6.45) is 3.39. The van der Waals surface area contributed by atoms with Crippen molar-refractivity contribution in [1.29, 1.82) is 0 Å². The van der Waals surface area contributed by atoms with E-state index in [0.717, 1.165) is 22.6 Å². The Morgan fingerprint density at radius 3 is 2.89 bits per heavy atom. The Kier molecular flexibility index (Phi) is 3.97. The minimum atomic E-state index is 0.164. The first kappa shape index (κ1) is 13.0. The molecule has 4 heteroatoms. The van der Waals surface area contributed by atoms with Gasteiger partial charge in [-0.15, -0.1) is 11.3 Å². The van der Waals surface area contributed by atoms with Gasteiger partial charge in [-0.25, -0.2) is 0 Å². The smallest absolute Gasteiger partial charge is 0.179 e. The second kappa shape index (κ2) is 5.48. The second-order valence-electron chi connectivity index (χ2n) is 4.58. The molecular weight excluding hydrogens is 244 g/mol. The van der Waals surface area contributed by atoms with Gasteiger partial charge >= 0.3 is 0 Å². The van der Waals surface area contributed by atoms with E-state index in [1.165, 1.54) is 11.3 Å². The third kappa shape index (κ3) is 2.70. The molecule has 2 rings (SSSR count). The Balaban J connectivity index is 2.08. The Labute approximate surface area is 111 Å². The van der Waals surface area contributed by atoms with Crippen LogP contribution in [0, 0.1) is 6.92 Å². The normalized spacial score (nSPS) is 12.6. The summed E-state index contributed by atoms with van der Waals surface area (Å²) >= 11 is 1.51. The van der Waals surface area contributed by atoms with Gasteiger partial charge in [0.05, 0.1) is 17.0 Å². The van der Waals surface area contributed by atoms with E-state index in [1.807, 2.05) is 35.3 Å². The Morgan fingerprint density at radius 1 is 1.50 bits per heavy atom. The number of hydrogen-bond acceptors (Lipinski definition) is 3. The van der Waals surface area contributed by atoms with Crippen LogP contribution >= 0.6 is 11.3 Å². The van der Waals surface area contributed by atoms with Gasteiger partial charge in [0.2, 0.25) is 0 Å². The van der Waals surface area contributed by atoms with Crippen molar-refractivity contribution in [3.05, 3.63) is 39.8 Å². The third-order valence-electron chi connectivity index (χ3n) is 3.16. The van der Waals surface area contributed by atoms with Gasteiger partial charge in [0.15, 0.2) is 5.78 Å². The lowest BCUT2D eigenvalue weighted by atomic mass is 10.1. The number of nitrogens with zero attached hydrogens (tertiary/aromatic N) is 2. The summed E-state index contributed by atoms with van der Waals surface area (Å²) in [6.45, 7) is 6.23. The van der Waals surface area contributed by atoms with Crippen molar-refractivity contribution in [2.45, 2.75) is 39.7 Å². The standard InChI is InChI=1S/C14H18N2OS/c1-4-11(3)16-7-5-12(15-16)9-13(17)14-10(2)6-8-18-14/h5-8,11H,4,9H2,1-3H3. The number of rotatable bonds is 5. The van der Waals surface area contributed by atoms with Crippen LogP contribution in [0.15, 0.2) is 23.7 Å². The molecule has 96 valence electrons. The molecule has 0 saturated heterocycles. The van der Waals surface area contributed by atoms with Crippen LogP contribution in [0.2, 0.25) is 0 Å². The van der Waals surface area contributed by atoms with Crippen LogP contribution in [0.4, 0.5) is 0 Å². The number of aromatic nitrogens is 2. The molecule has 2 aromatic heterocycles. The van der Waals surface area contributed by atoms with Crippen LogP contribution in [0.25, 0.3) is 0 Å². The predicted octanol–water partition coefficient (Wildman–Crippen LogP) is 3.65. The average molecular weight is 262 g/mol. The number of ketones is 1. The molecule has 1 unspecified atom stereocenters. The largest absolute Gasteiger partial charge is 0.293 e. The SMILES string of the molecule is CCC(C)n1ccc(CC(=O)c2sccc2C)n1. The maximum absolute atomic E-state index is 12.1. The zero-order valence-electron chi connectivity index (χ0n) is 11.0. The highest BCUT2D eigenvalue weighted by atomic mass is 32.1. The fourth-order valence-electron chi connectivity index (χ4n) is 1.81. The van der Waals surface area contributed by atoms with E-state index in [0.29, 0.717) is 12.5 Å². The van der Waals surface area contributed by atoms with Crippen LogP contribution < -0.4 is 0 Å². The van der Waals surface area contributed by atoms with Gasteiger partial charge in [0, 0.05) is 12.2 Å². The maximum atomic E-state index is 12.1. The molecule has 3 nitrogen and oxygen atoms in total. The van der Waals surface area contributed by atoms with E-state index in [1.54, 1.807) is 0 Å². The van der Waals surface area contributed by atoms with Crippen molar-refractivity contribution in [1.82, 2.24) is 9.78 Å². The molecule has 0 aliphatic carbocycles. The predicted molar refractivity (Wildman–Crippen MR) is 74.3 cm³/mol. The molecule has 1 atom stereocenters. The Morgan fingerprint density at radius 2 is 2.28 bits per heavy atom. The minimum absolute atomic E-state index is 0.164. The van der Waals surface area contributed by atoms with Gasteiger partial charge in [-0.05, 0) is 43.3 Å². The highest BCUT2D eigenvalue weighted by Gasteiger charge is 2.13. The van der Waals surface area contributed by atoms with E-state index in [9.17, 15) is 4.79 Å². The molecule has 0 aromatic carbocycles. The van der Waals surface area contributed by atoms with Crippen molar-refractivity contribution in [2.24, 2.45) is 0 Å². The summed E-state index contributed by atoms with van der Waals surface area (Å²) in [6, 6.07) is 4.31. The lowest BCUT2D eigenvalue weighted by molar-refractivity contribution is 0.0995. The number of thiophene rings is 1. The molecule has 0 amide bonds. The van der Waals surface area contributed by atoms with Gasteiger partial charge in [0.25, 0.3) is 0 Å². The minimum Gasteiger partial charge on any atom is -0.293 e. The van der Waals surface area contributed by atoms with E-state index in [2.05, 4.69) is 18.9 Å². The number of carbonyl (C=O) groups excluding carboxylic acids is 1. The van der Waals surface area contributed by atoms with Gasteiger partial charge in [-0.2, -0.15) is 5.10 Å². The summed E-state index contributed by atoms with van der Waals surface area (Å²) in [5, 5.41) is 6.42. The number of Topliss-reactive ketones (excluding diaryl/α,β-unsaturated/α-hetero) is 1. The van der Waals surface area contributed by atoms with E-state index in [4.69, 9.17) is 0 Å². The molecule has 0 radical (unpaired) electrons. The molecule has 0 saturated carbocycles. The fraction of sp³-hybridized carbons (Fsp3) is 0.429. The zero-order valence-corrected chi connectivity index (χ0v) is 11.8. The summed E-state index contributed by atoms with van der Waals surface area (Å²) in [4.78, 5) is 13.0. The van der Waals surface area contributed by atoms with Crippen LogP contribution in [-0.2, 0) is 6.42 Å². The van der Waals surface area contributed by atoms with Crippen molar-refractivity contribution in [3.63, 3.8) is 0 Å². The van der Waals surface area contributed by atoms with Gasteiger partial charge in [-0.1, -0.05) is 6.92 Å². The van der Waals surface area contributed by atoms with E-state index < -0.39 is 0 Å². The molecular formula is C14H18N2OS. The molecule has 0 spiro atoms. The monoisotopic (exact) mass is 262 g/mol. The highest BCUT2D eigenvalue weighted by molar-refractivity contribution is 7.12. The summed E-state index contributed by atoms with van der Waals surface area (Å²) < 4.78 is 1.93. The lowest BCUT2D eigenvalue weighted by Crippen LogP contribution is -2.07. The van der Waals surface area contributed by atoms with Crippen LogP contribution in [0.3, 0.4) is 0 Å². The zero-order chi connectivity index (χ0) is 13.1. The highest BCUT2D eigenvalue weighted by Crippen LogP contribution is 2.18. The molecule has 2 heterocycles. The first-order chi connectivity index (χ1) is 8.61. The van der Waals surface area contributed by atoms with Crippen molar-refractivity contribution < 1.29 is 4.79 Å². The number of aryl methyl sites for hydroxylation is 1. The average Bonchev–Trinajstić information content (AvgIpc) is 2.97. The summed E-state index contributed by atoms with van der Waals surface area (Å²) in [5.41, 5.74) is 1.92. The molecule has 0 fully saturated rings. The van der Waals surface area contributed by atoms with Crippen molar-refractivity contribution in [2.75, 3.05) is 0 Å². The van der Waals surface area contributed by atoms with E-state index in [-0.39, 0.29) is 5.78 Å². The number of hydrogen-bond donors (Lipinski definition) is 0. The second-order valence-corrected chi connectivity index (χ2v) is 5.49. The fourth-order valence-corrected chi connectivity index (χ4v) is 2.67. The number of carbonyl (C=O) groups is 1. The Hall–Kier alpha value is -1.42. The van der Waals surface area contributed by atoms with Gasteiger partial charge < -0.3 is 0 Å². The molecule has 2 aromatic rings. The molecule has 0 aliphatic heterocycles. The van der Waals surface area contributed by atoms with Crippen molar-refractivity contribution in [3.8, 4) is 0 Å². The quantitative estimate of drug-likeness (QED) is 0.771. The molecule has 18 heavy (non-hydrogen) atoms. The van der Waals surface area contributed by atoms with Crippen LogP contribution in [0.1, 0.15) is 47.2 Å². The van der Waals surface area contributed by atoms with Gasteiger partial charge in [0.1, 0.15) is 0 Å². The topological polar surface area (TPSA) is 34.9 Å². The lowest BCUT2D eigenvalue weighted by Gasteiger charge is -2.07. The van der Waals surface area contributed by atoms with Crippen LogP contribution in [-0.4, -0.2) is 15.6 Å². The molecule has 0 N–H and O–H groups in total. The van der Waals surface area contributed by atoms with E-state index >= 15 is 0 Å². The first-order valence-corrected chi connectivity index (χ1v) is 7.11. The summed E-state index contributed by atoms with van der Waals surface area (Å²) in [5.74, 6) is 0.164. The maximum Gasteiger partial charge on any atom is 0.179 e. The molecule has 0 bridgehead atoms. The molecule has 0 aliphatic rings. The van der Waals surface area contributed by atoms with Crippen LogP contribution in [0.5, 0.6) is 0 Å². The van der Waals surface area contributed by atoms with Crippen molar-refractivity contribution >= 4 is 17.1 Å².